The van der Waals surface area contributed by atoms with Crippen molar-refractivity contribution in [3.05, 3.63) is 119 Å². The van der Waals surface area contributed by atoms with Crippen molar-refractivity contribution >= 4 is 22.7 Å². The number of carbonyl (C=O) groups is 2. The van der Waals surface area contributed by atoms with Gasteiger partial charge in [-0.1, -0.05) is 30.3 Å². The predicted octanol–water partition coefficient (Wildman–Crippen LogP) is 5.73. The zero-order valence-corrected chi connectivity index (χ0v) is 22.0. The topological polar surface area (TPSA) is 103 Å². The van der Waals surface area contributed by atoms with Crippen LogP contribution in [0.1, 0.15) is 33.4 Å². The molecule has 220 valence electrons. The van der Waals surface area contributed by atoms with Gasteiger partial charge in [0.05, 0.1) is 22.8 Å². The monoisotopic (exact) mass is 597 g/mol. The molecule has 0 saturated carbocycles. The fourth-order valence-corrected chi connectivity index (χ4v) is 4.83. The van der Waals surface area contributed by atoms with Crippen LogP contribution in [0, 0.1) is 17.5 Å². The molecule has 0 bridgehead atoms. The quantitative estimate of drug-likeness (QED) is 0.223. The number of pyridine rings is 1. The summed E-state index contributed by atoms with van der Waals surface area (Å²) >= 11 is 0. The van der Waals surface area contributed by atoms with E-state index in [9.17, 15) is 35.9 Å². The normalized spacial score (nSPS) is 12.3. The van der Waals surface area contributed by atoms with E-state index in [-0.39, 0.29) is 28.6 Å². The Labute approximate surface area is 240 Å². The van der Waals surface area contributed by atoms with Crippen molar-refractivity contribution in [2.45, 2.75) is 25.2 Å². The summed E-state index contributed by atoms with van der Waals surface area (Å²) in [6, 6.07) is 14.0. The summed E-state index contributed by atoms with van der Waals surface area (Å²) in [6.07, 6.45) is -3.58. The molecular weight excluding hydrogens is 576 g/mol. The Morgan fingerprint density at radius 3 is 2.35 bits per heavy atom. The van der Waals surface area contributed by atoms with Gasteiger partial charge in [0.2, 0.25) is 5.91 Å². The van der Waals surface area contributed by atoms with Gasteiger partial charge in [0.1, 0.15) is 24.0 Å². The lowest BCUT2D eigenvalue weighted by Gasteiger charge is -2.22. The molecule has 0 aliphatic heterocycles. The first-order valence-corrected chi connectivity index (χ1v) is 12.7. The number of hydrogen-bond acceptors (Lipinski definition) is 4. The molecule has 3 N–H and O–H groups in total. The molecular formula is C30H21F6N5O2. The summed E-state index contributed by atoms with van der Waals surface area (Å²) in [5, 5.41) is 6.12. The molecule has 3 aromatic carbocycles. The molecule has 5 rings (SSSR count). The summed E-state index contributed by atoms with van der Waals surface area (Å²) in [5.74, 6) is -4.39. The van der Waals surface area contributed by atoms with Gasteiger partial charge in [0, 0.05) is 23.2 Å². The van der Waals surface area contributed by atoms with E-state index >= 15 is 0 Å². The fourth-order valence-electron chi connectivity index (χ4n) is 4.83. The summed E-state index contributed by atoms with van der Waals surface area (Å²) in [7, 11) is 0. The molecule has 43 heavy (non-hydrogen) atoms. The van der Waals surface area contributed by atoms with Gasteiger partial charge in [-0.25, -0.2) is 13.2 Å². The average molecular weight is 598 g/mol. The first-order valence-electron chi connectivity index (χ1n) is 12.7. The van der Waals surface area contributed by atoms with E-state index in [4.69, 9.17) is 5.73 Å². The molecule has 0 unspecified atom stereocenters. The van der Waals surface area contributed by atoms with Crippen LogP contribution in [-0.2, 0) is 23.9 Å². The molecule has 2 amide bonds. The minimum atomic E-state index is -4.77. The van der Waals surface area contributed by atoms with Gasteiger partial charge in [-0.05, 0) is 53.9 Å². The third-order valence-corrected chi connectivity index (χ3v) is 6.63. The van der Waals surface area contributed by atoms with Gasteiger partial charge >= 0.3 is 6.18 Å². The Kier molecular flexibility index (Phi) is 7.89. The van der Waals surface area contributed by atoms with Crippen LogP contribution >= 0.6 is 0 Å². The van der Waals surface area contributed by atoms with E-state index in [0.717, 1.165) is 22.9 Å². The average Bonchev–Trinajstić information content (AvgIpc) is 3.31. The summed E-state index contributed by atoms with van der Waals surface area (Å²) < 4.78 is 84.1. The number of hydrogen-bond donors (Lipinski definition) is 2. The SMILES string of the molecule is NC(=O)c1cc(-c2cccnc2[C@H](Cc2cc(F)cc(F)c2)NC(=O)Cn2nc(C(F)(F)F)c3ccccc32)ccc1F. The Morgan fingerprint density at radius 1 is 0.930 bits per heavy atom. The zero-order chi connectivity index (χ0) is 30.9. The standard InChI is InChI=1S/C30H21F6N5O2/c31-18-10-16(11-19(32)14-18)12-24(27-20(5-3-9-38-27)17-7-8-23(33)22(13-17)29(37)43)39-26(42)15-41-25-6-2-1-4-21(25)28(40-41)30(34,35)36/h1-11,13-14,24H,12,15H2,(H2,37,43)(H,39,42)/t24-/m0/s1. The fraction of sp³-hybridized carbons (Fsp3) is 0.133. The molecule has 0 aliphatic carbocycles. The Morgan fingerprint density at radius 2 is 1.65 bits per heavy atom. The first kappa shape index (κ1) is 29.3. The molecule has 0 saturated heterocycles. The van der Waals surface area contributed by atoms with Crippen LogP contribution in [0.5, 0.6) is 0 Å². The van der Waals surface area contributed by atoms with Crippen molar-refractivity contribution in [3.8, 4) is 11.1 Å². The van der Waals surface area contributed by atoms with Crippen LogP contribution < -0.4 is 11.1 Å². The lowest BCUT2D eigenvalue weighted by atomic mass is 9.94. The van der Waals surface area contributed by atoms with Gasteiger partial charge in [-0.15, -0.1) is 0 Å². The van der Waals surface area contributed by atoms with Crippen molar-refractivity contribution in [3.63, 3.8) is 0 Å². The van der Waals surface area contributed by atoms with Gasteiger partial charge in [-0.2, -0.15) is 18.3 Å². The molecule has 5 aromatic rings. The number of alkyl halides is 3. The second-order valence-corrected chi connectivity index (χ2v) is 9.62. The minimum Gasteiger partial charge on any atom is -0.366 e. The highest BCUT2D eigenvalue weighted by Gasteiger charge is 2.37. The third-order valence-electron chi connectivity index (χ3n) is 6.63. The number of carbonyl (C=O) groups excluding carboxylic acids is 2. The van der Waals surface area contributed by atoms with Crippen LogP contribution in [-0.4, -0.2) is 26.6 Å². The van der Waals surface area contributed by atoms with Gasteiger partial charge in [0.25, 0.3) is 5.91 Å². The number of rotatable bonds is 8. The smallest absolute Gasteiger partial charge is 0.366 e. The van der Waals surface area contributed by atoms with E-state index < -0.39 is 59.3 Å². The van der Waals surface area contributed by atoms with E-state index in [1.54, 1.807) is 12.1 Å². The number of fused-ring (bicyclic) bond motifs is 1. The molecule has 1 atom stereocenters. The number of halogens is 6. The highest BCUT2D eigenvalue weighted by molar-refractivity contribution is 5.94. The van der Waals surface area contributed by atoms with Crippen molar-refractivity contribution in [1.29, 1.82) is 0 Å². The Hall–Kier alpha value is -5.20. The second kappa shape index (κ2) is 11.6. The maximum atomic E-state index is 14.2. The van der Waals surface area contributed by atoms with Crippen LogP contribution in [0.4, 0.5) is 26.3 Å². The minimum absolute atomic E-state index is 0.0672. The number of amides is 2. The number of nitrogens with one attached hydrogen (secondary N) is 1. The summed E-state index contributed by atoms with van der Waals surface area (Å²) in [4.78, 5) is 29.4. The zero-order valence-electron chi connectivity index (χ0n) is 22.0. The van der Waals surface area contributed by atoms with Crippen molar-refractivity contribution in [2.75, 3.05) is 0 Å². The molecule has 0 spiro atoms. The second-order valence-electron chi connectivity index (χ2n) is 9.62. The van der Waals surface area contributed by atoms with E-state index in [1.165, 1.54) is 42.6 Å². The lowest BCUT2D eigenvalue weighted by Crippen LogP contribution is -2.34. The van der Waals surface area contributed by atoms with Gasteiger partial charge in [0.15, 0.2) is 5.69 Å². The van der Waals surface area contributed by atoms with Crippen molar-refractivity contribution in [2.24, 2.45) is 5.73 Å². The highest BCUT2D eigenvalue weighted by atomic mass is 19.4. The molecule has 0 aliphatic rings. The summed E-state index contributed by atoms with van der Waals surface area (Å²) in [5.41, 5.74) is 4.75. The highest BCUT2D eigenvalue weighted by Crippen LogP contribution is 2.34. The summed E-state index contributed by atoms with van der Waals surface area (Å²) in [6.45, 7) is -0.630. The van der Waals surface area contributed by atoms with E-state index in [2.05, 4.69) is 15.4 Å². The van der Waals surface area contributed by atoms with Crippen molar-refractivity contribution < 1.29 is 35.9 Å². The number of primary amides is 1. The van der Waals surface area contributed by atoms with Gasteiger partial charge in [-0.3, -0.25) is 19.3 Å². The van der Waals surface area contributed by atoms with E-state index in [0.29, 0.717) is 17.2 Å². The van der Waals surface area contributed by atoms with Crippen LogP contribution in [0.25, 0.3) is 22.0 Å². The number of nitrogens with two attached hydrogens (primary N) is 1. The molecule has 2 aromatic heterocycles. The molecule has 0 fully saturated rings. The molecule has 13 heteroatoms. The maximum absolute atomic E-state index is 14.2. The number of nitrogens with zero attached hydrogens (tertiary/aromatic N) is 3. The predicted molar refractivity (Wildman–Crippen MR) is 144 cm³/mol. The Bertz CT molecular complexity index is 1830. The first-order chi connectivity index (χ1) is 20.4. The van der Waals surface area contributed by atoms with Crippen LogP contribution in [0.2, 0.25) is 0 Å². The van der Waals surface area contributed by atoms with E-state index in [1.807, 2.05) is 0 Å². The largest absolute Gasteiger partial charge is 0.435 e. The van der Waals surface area contributed by atoms with Crippen LogP contribution in [0.3, 0.4) is 0 Å². The Balaban J connectivity index is 1.54. The number of para-hydroxylation sites is 1. The number of benzene rings is 3. The number of aromatic nitrogens is 3. The van der Waals surface area contributed by atoms with Crippen molar-refractivity contribution in [1.82, 2.24) is 20.1 Å². The molecule has 0 radical (unpaired) electrons. The lowest BCUT2D eigenvalue weighted by molar-refractivity contribution is -0.140. The molecule has 7 nitrogen and oxygen atoms in total. The molecule has 2 heterocycles. The maximum Gasteiger partial charge on any atom is 0.435 e. The van der Waals surface area contributed by atoms with Gasteiger partial charge < -0.3 is 11.1 Å². The van der Waals surface area contributed by atoms with Crippen LogP contribution in [0.15, 0.2) is 79.0 Å². The third kappa shape index (κ3) is 6.35.